The number of rotatable bonds is 6. The third-order valence-electron chi connectivity index (χ3n) is 4.37. The number of carbonyl (C=O) groups excluding carboxylic acids is 3. The smallest absolute Gasteiger partial charge is 0.272 e. The third kappa shape index (κ3) is 5.32. The van der Waals surface area contributed by atoms with Crippen molar-refractivity contribution in [1.82, 2.24) is 14.9 Å². The van der Waals surface area contributed by atoms with Gasteiger partial charge in [-0.1, -0.05) is 34.8 Å². The van der Waals surface area contributed by atoms with Crippen molar-refractivity contribution in [2.75, 3.05) is 11.9 Å². The predicted molar refractivity (Wildman–Crippen MR) is 128 cm³/mol. The number of hydrogen-bond acceptors (Lipinski definition) is 4. The third-order valence-corrected chi connectivity index (χ3v) is 5.57. The zero-order valence-electron chi connectivity index (χ0n) is 16.8. The summed E-state index contributed by atoms with van der Waals surface area (Å²) in [5.41, 5.74) is 1.54. The minimum atomic E-state index is -0.544. The van der Waals surface area contributed by atoms with Crippen LogP contribution in [0.4, 0.5) is 5.69 Å². The molecule has 1 aromatic carbocycles. The van der Waals surface area contributed by atoms with Gasteiger partial charge >= 0.3 is 0 Å². The molecule has 32 heavy (non-hydrogen) atoms. The fourth-order valence-electron chi connectivity index (χ4n) is 2.99. The number of pyridine rings is 1. The van der Waals surface area contributed by atoms with Crippen LogP contribution in [0.2, 0.25) is 15.1 Å². The van der Waals surface area contributed by atoms with Crippen LogP contribution in [-0.2, 0) is 4.79 Å². The number of aryl methyl sites for hydroxylation is 1. The van der Waals surface area contributed by atoms with Crippen LogP contribution in [0.25, 0.3) is 5.69 Å². The minimum Gasteiger partial charge on any atom is -0.345 e. The normalized spacial score (nSPS) is 10.7. The van der Waals surface area contributed by atoms with E-state index in [4.69, 9.17) is 34.8 Å². The first-order valence-corrected chi connectivity index (χ1v) is 11.1. The molecule has 0 unspecified atom stereocenters. The summed E-state index contributed by atoms with van der Waals surface area (Å²) in [4.78, 5) is 41.1. The summed E-state index contributed by atoms with van der Waals surface area (Å²) in [5.74, 6) is -1.28. The number of halogens is 4. The van der Waals surface area contributed by atoms with E-state index in [1.807, 2.05) is 0 Å². The van der Waals surface area contributed by atoms with Crippen LogP contribution in [-0.4, -0.2) is 33.7 Å². The summed E-state index contributed by atoms with van der Waals surface area (Å²) in [7, 11) is 0. The Hall–Kier alpha value is -2.39. The van der Waals surface area contributed by atoms with Gasteiger partial charge in [-0.25, -0.2) is 0 Å². The Morgan fingerprint density at radius 2 is 1.72 bits per heavy atom. The highest BCUT2D eigenvalue weighted by Crippen LogP contribution is 2.32. The number of ketones is 1. The lowest BCUT2D eigenvalue weighted by molar-refractivity contribution is -0.116. The van der Waals surface area contributed by atoms with E-state index in [2.05, 4.69) is 31.5 Å². The van der Waals surface area contributed by atoms with Crippen LogP contribution in [0.3, 0.4) is 0 Å². The van der Waals surface area contributed by atoms with E-state index >= 15 is 0 Å². The first kappa shape index (κ1) is 24.3. The molecular weight excluding hydrogens is 543 g/mol. The monoisotopic (exact) mass is 556 g/mol. The molecular formula is C21H16BrCl3N4O3. The quantitative estimate of drug-likeness (QED) is 0.419. The number of amides is 2. The van der Waals surface area contributed by atoms with Crippen LogP contribution in [0, 0.1) is 6.92 Å². The maximum absolute atomic E-state index is 13.2. The number of Topliss-reactive ketones (excluding diaryl/α,β-unsaturated/α-hetero) is 1. The van der Waals surface area contributed by atoms with Crippen LogP contribution >= 0.6 is 50.7 Å². The molecule has 0 aliphatic carbocycles. The van der Waals surface area contributed by atoms with Gasteiger partial charge in [0, 0.05) is 28.1 Å². The van der Waals surface area contributed by atoms with Gasteiger partial charge in [-0.2, -0.15) is 0 Å². The minimum absolute atomic E-state index is 0.127. The first-order chi connectivity index (χ1) is 15.1. The van der Waals surface area contributed by atoms with E-state index in [1.165, 1.54) is 30.0 Å². The second-order valence-corrected chi connectivity index (χ2v) is 9.02. The summed E-state index contributed by atoms with van der Waals surface area (Å²) in [5, 5.41) is 6.09. The molecule has 0 radical (unpaired) electrons. The molecule has 2 heterocycles. The number of benzene rings is 1. The number of nitrogens with zero attached hydrogens (tertiary/aromatic N) is 2. The lowest BCUT2D eigenvalue weighted by atomic mass is 10.1. The summed E-state index contributed by atoms with van der Waals surface area (Å²) >= 11 is 22.0. The molecule has 0 atom stereocenters. The molecule has 3 aromatic rings. The lowest BCUT2D eigenvalue weighted by Gasteiger charge is -2.16. The van der Waals surface area contributed by atoms with Gasteiger partial charge in [-0.3, -0.25) is 19.4 Å². The number of hydrogen-bond donors (Lipinski definition) is 2. The molecule has 0 bridgehead atoms. The van der Waals surface area contributed by atoms with Gasteiger partial charge < -0.3 is 15.2 Å². The molecule has 2 amide bonds. The fraction of sp³-hybridized carbons (Fsp3) is 0.143. The van der Waals surface area contributed by atoms with E-state index in [-0.39, 0.29) is 39.3 Å². The van der Waals surface area contributed by atoms with Crippen LogP contribution in [0.1, 0.15) is 33.3 Å². The summed E-state index contributed by atoms with van der Waals surface area (Å²) in [6.07, 6.45) is 4.47. The van der Waals surface area contributed by atoms with Gasteiger partial charge in [0.2, 0.25) is 0 Å². The molecule has 0 aliphatic rings. The molecule has 0 fully saturated rings. The maximum Gasteiger partial charge on any atom is 0.272 e. The summed E-state index contributed by atoms with van der Waals surface area (Å²) < 4.78 is 2.13. The van der Waals surface area contributed by atoms with Crippen molar-refractivity contribution in [3.63, 3.8) is 0 Å². The highest BCUT2D eigenvalue weighted by atomic mass is 79.9. The molecule has 0 aliphatic heterocycles. The number of nitrogens with one attached hydrogen (secondary N) is 2. The van der Waals surface area contributed by atoms with Crippen LogP contribution in [0.5, 0.6) is 0 Å². The Bertz CT molecular complexity index is 1220. The fourth-order valence-corrected chi connectivity index (χ4v) is 4.23. The number of carbonyl (C=O) groups is 3. The SMILES string of the molecule is CC(=O)CNC(=O)c1cc(Cl)cc(C)c1NC(=O)c1cc(Br)cn1-c1c(Cl)cncc1Cl. The van der Waals surface area contributed by atoms with Gasteiger partial charge in [0.25, 0.3) is 11.8 Å². The van der Waals surface area contributed by atoms with Gasteiger partial charge in [0.1, 0.15) is 11.5 Å². The number of anilines is 1. The van der Waals surface area contributed by atoms with Crippen LogP contribution < -0.4 is 10.6 Å². The molecule has 3 rings (SSSR count). The van der Waals surface area contributed by atoms with Gasteiger partial charge in [-0.15, -0.1) is 0 Å². The Labute approximate surface area is 207 Å². The van der Waals surface area contributed by atoms with Crippen molar-refractivity contribution in [2.45, 2.75) is 13.8 Å². The first-order valence-electron chi connectivity index (χ1n) is 9.15. The van der Waals surface area contributed by atoms with Gasteiger partial charge in [0.05, 0.1) is 33.5 Å². The van der Waals surface area contributed by atoms with E-state index in [1.54, 1.807) is 25.3 Å². The molecule has 2 aromatic heterocycles. The zero-order valence-corrected chi connectivity index (χ0v) is 20.7. The van der Waals surface area contributed by atoms with E-state index in [0.717, 1.165) is 0 Å². The van der Waals surface area contributed by atoms with E-state index < -0.39 is 11.8 Å². The second-order valence-electron chi connectivity index (χ2n) is 6.85. The molecule has 0 saturated carbocycles. The van der Waals surface area contributed by atoms with E-state index in [0.29, 0.717) is 20.7 Å². The molecule has 0 saturated heterocycles. The van der Waals surface area contributed by atoms with Crippen molar-refractivity contribution in [3.8, 4) is 5.69 Å². The van der Waals surface area contributed by atoms with Crippen molar-refractivity contribution in [1.29, 1.82) is 0 Å². The van der Waals surface area contributed by atoms with Crippen molar-refractivity contribution in [3.05, 3.63) is 73.2 Å². The molecule has 2 N–H and O–H groups in total. The van der Waals surface area contributed by atoms with Gasteiger partial charge in [0.15, 0.2) is 0 Å². The highest BCUT2D eigenvalue weighted by Gasteiger charge is 2.22. The second kappa shape index (κ2) is 10.0. The van der Waals surface area contributed by atoms with E-state index in [9.17, 15) is 14.4 Å². The van der Waals surface area contributed by atoms with Gasteiger partial charge in [-0.05, 0) is 53.5 Å². The Morgan fingerprint density at radius 3 is 2.34 bits per heavy atom. The summed E-state index contributed by atoms with van der Waals surface area (Å²) in [6, 6.07) is 4.62. The zero-order chi connectivity index (χ0) is 23.6. The lowest BCUT2D eigenvalue weighted by Crippen LogP contribution is -2.29. The number of aromatic nitrogens is 2. The Kier molecular flexibility index (Phi) is 7.61. The molecule has 7 nitrogen and oxygen atoms in total. The predicted octanol–water partition coefficient (Wildman–Crippen LogP) is 5.47. The maximum atomic E-state index is 13.2. The molecule has 0 spiro atoms. The topological polar surface area (TPSA) is 93.1 Å². The Balaban J connectivity index is 2.02. The Morgan fingerprint density at radius 1 is 1.06 bits per heavy atom. The molecule has 166 valence electrons. The van der Waals surface area contributed by atoms with Crippen molar-refractivity contribution < 1.29 is 14.4 Å². The van der Waals surface area contributed by atoms with Crippen molar-refractivity contribution in [2.24, 2.45) is 0 Å². The summed E-state index contributed by atoms with van der Waals surface area (Å²) in [6.45, 7) is 2.91. The van der Waals surface area contributed by atoms with Crippen LogP contribution in [0.15, 0.2) is 41.3 Å². The molecule has 11 heteroatoms. The standard InChI is InChI=1S/C21H16BrCl3N4O3/c1-10-3-13(23)5-14(20(31)27-6-11(2)30)18(10)28-21(32)17-4-12(22)9-29(17)19-15(24)7-26-8-16(19)25/h3-5,7-9H,6H2,1-2H3,(H,27,31)(H,28,32). The average Bonchev–Trinajstić information content (AvgIpc) is 3.09. The average molecular weight is 559 g/mol. The highest BCUT2D eigenvalue weighted by molar-refractivity contribution is 9.10. The largest absolute Gasteiger partial charge is 0.345 e. The van der Waals surface area contributed by atoms with Crippen molar-refractivity contribution >= 4 is 74.0 Å².